The van der Waals surface area contributed by atoms with Gasteiger partial charge in [-0.3, -0.25) is 24.0 Å². The van der Waals surface area contributed by atoms with Gasteiger partial charge < -0.3 is 4.57 Å². The highest BCUT2D eigenvalue weighted by molar-refractivity contribution is 9.10. The van der Waals surface area contributed by atoms with E-state index >= 15 is 0 Å². The summed E-state index contributed by atoms with van der Waals surface area (Å²) in [5, 5.41) is 11.6. The van der Waals surface area contributed by atoms with Crippen LogP contribution in [-0.4, -0.2) is 18.6 Å². The number of non-ortho nitro benzene ring substituents is 1. The maximum Gasteiger partial charge on any atom is 0.330 e. The summed E-state index contributed by atoms with van der Waals surface area (Å²) in [6.07, 6.45) is 1.70. The molecular weight excluding hydrogens is 440 g/mol. The Morgan fingerprint density at radius 2 is 1.72 bits per heavy atom. The minimum absolute atomic E-state index is 0.0840. The van der Waals surface area contributed by atoms with Crippen LogP contribution in [0.5, 0.6) is 0 Å². The Kier molecular flexibility index (Phi) is 4.46. The smallest absolute Gasteiger partial charge is 0.314 e. The number of benzene rings is 2. The number of nitro benzene ring substituents is 1. The molecule has 0 saturated carbocycles. The third-order valence-electron chi connectivity index (χ3n) is 4.86. The van der Waals surface area contributed by atoms with Crippen molar-refractivity contribution in [2.75, 3.05) is 0 Å². The van der Waals surface area contributed by atoms with Crippen LogP contribution in [0.1, 0.15) is 0 Å². The quantitative estimate of drug-likeness (QED) is 0.350. The largest absolute Gasteiger partial charge is 0.330 e. The molecule has 146 valence electrons. The second-order valence-corrected chi connectivity index (χ2v) is 7.52. The molecule has 0 spiro atoms. The number of aryl methyl sites for hydroxylation is 1. The monoisotopic (exact) mass is 454 g/mol. The molecule has 0 aliphatic rings. The average molecular weight is 455 g/mol. The summed E-state index contributed by atoms with van der Waals surface area (Å²) in [5.41, 5.74) is 1.19. The molecule has 0 unspecified atom stereocenters. The van der Waals surface area contributed by atoms with E-state index in [4.69, 9.17) is 0 Å². The molecule has 0 N–H and O–H groups in total. The molecule has 0 saturated heterocycles. The van der Waals surface area contributed by atoms with Crippen LogP contribution in [0.3, 0.4) is 0 Å². The Morgan fingerprint density at radius 1 is 1.00 bits per heavy atom. The van der Waals surface area contributed by atoms with Crippen molar-refractivity contribution in [2.24, 2.45) is 14.1 Å². The van der Waals surface area contributed by atoms with Crippen LogP contribution in [0.2, 0.25) is 0 Å². The first-order valence-corrected chi connectivity index (χ1v) is 9.40. The molecule has 0 atom stereocenters. The zero-order chi connectivity index (χ0) is 20.9. The molecule has 8 nitrogen and oxygen atoms in total. The normalized spacial score (nSPS) is 11.1. The first kappa shape index (κ1) is 18.9. The lowest BCUT2D eigenvalue weighted by Crippen LogP contribution is -2.36. The highest BCUT2D eigenvalue weighted by Gasteiger charge is 2.21. The Bertz CT molecular complexity index is 1410. The molecular formula is C20H15BrN4O4. The molecule has 2 aromatic heterocycles. The van der Waals surface area contributed by atoms with Crippen molar-refractivity contribution >= 4 is 32.5 Å². The summed E-state index contributed by atoms with van der Waals surface area (Å²) in [6, 6.07) is 13.5. The number of nitro groups is 1. The number of fused-ring (bicyclic) bond motifs is 1. The van der Waals surface area contributed by atoms with Gasteiger partial charge in [0.05, 0.1) is 21.5 Å². The lowest BCUT2D eigenvalue weighted by molar-refractivity contribution is -0.384. The lowest BCUT2D eigenvalue weighted by Gasteiger charge is -2.10. The van der Waals surface area contributed by atoms with E-state index in [0.29, 0.717) is 22.2 Å². The summed E-state index contributed by atoms with van der Waals surface area (Å²) in [6.45, 7) is 0. The lowest BCUT2D eigenvalue weighted by atomic mass is 10.1. The molecule has 0 aliphatic heterocycles. The minimum atomic E-state index is -0.480. The van der Waals surface area contributed by atoms with Gasteiger partial charge in [0.1, 0.15) is 0 Å². The SMILES string of the molecule is Cn1c(=O)c2c(-c3cccc([N+](=O)[O-])c3)n(-c3cccc(Br)c3)cc2n(C)c1=O. The molecule has 0 aliphatic carbocycles. The molecule has 4 aromatic rings. The van der Waals surface area contributed by atoms with E-state index in [0.717, 1.165) is 14.7 Å². The zero-order valence-corrected chi connectivity index (χ0v) is 17.1. The fourth-order valence-electron chi connectivity index (χ4n) is 3.42. The van der Waals surface area contributed by atoms with E-state index in [9.17, 15) is 19.7 Å². The van der Waals surface area contributed by atoms with Gasteiger partial charge in [0.15, 0.2) is 0 Å². The first-order chi connectivity index (χ1) is 13.8. The molecule has 0 radical (unpaired) electrons. The fourth-order valence-corrected chi connectivity index (χ4v) is 3.81. The average Bonchev–Trinajstić information content (AvgIpc) is 3.11. The molecule has 0 fully saturated rings. The number of aromatic nitrogens is 3. The van der Waals surface area contributed by atoms with Crippen LogP contribution in [0.15, 0.2) is 68.8 Å². The van der Waals surface area contributed by atoms with Crippen molar-refractivity contribution in [2.45, 2.75) is 0 Å². The Hall–Kier alpha value is -3.46. The summed E-state index contributed by atoms with van der Waals surface area (Å²) in [4.78, 5) is 36.2. The molecule has 29 heavy (non-hydrogen) atoms. The van der Waals surface area contributed by atoms with Crippen LogP contribution >= 0.6 is 15.9 Å². The maximum atomic E-state index is 13.0. The van der Waals surface area contributed by atoms with Crippen molar-refractivity contribution in [1.29, 1.82) is 0 Å². The predicted octanol–water partition coefficient (Wildman–Crippen LogP) is 3.37. The van der Waals surface area contributed by atoms with Crippen LogP contribution in [0.4, 0.5) is 5.69 Å². The highest BCUT2D eigenvalue weighted by atomic mass is 79.9. The summed E-state index contributed by atoms with van der Waals surface area (Å²) in [7, 11) is 3.00. The van der Waals surface area contributed by atoms with Gasteiger partial charge in [-0.05, 0) is 18.2 Å². The summed E-state index contributed by atoms with van der Waals surface area (Å²) in [5.74, 6) is 0. The number of nitrogens with zero attached hydrogens (tertiary/aromatic N) is 4. The van der Waals surface area contributed by atoms with E-state index in [2.05, 4.69) is 15.9 Å². The van der Waals surface area contributed by atoms with Gasteiger partial charge in [-0.25, -0.2) is 4.79 Å². The van der Waals surface area contributed by atoms with Gasteiger partial charge in [-0.2, -0.15) is 0 Å². The van der Waals surface area contributed by atoms with E-state index in [1.165, 1.54) is 23.7 Å². The third-order valence-corrected chi connectivity index (χ3v) is 5.35. The van der Waals surface area contributed by atoms with E-state index in [1.807, 2.05) is 24.3 Å². The Morgan fingerprint density at radius 3 is 2.41 bits per heavy atom. The van der Waals surface area contributed by atoms with E-state index in [-0.39, 0.29) is 5.69 Å². The second-order valence-electron chi connectivity index (χ2n) is 6.60. The summed E-state index contributed by atoms with van der Waals surface area (Å²) >= 11 is 3.44. The molecule has 2 aromatic carbocycles. The van der Waals surface area contributed by atoms with E-state index < -0.39 is 16.2 Å². The Labute approximate surface area is 172 Å². The van der Waals surface area contributed by atoms with Gasteiger partial charge in [0, 0.05) is 48.1 Å². The van der Waals surface area contributed by atoms with Crippen LogP contribution in [0, 0.1) is 10.1 Å². The van der Waals surface area contributed by atoms with Crippen LogP contribution < -0.4 is 11.2 Å². The molecule has 0 amide bonds. The van der Waals surface area contributed by atoms with Gasteiger partial charge in [-0.1, -0.05) is 34.1 Å². The molecule has 0 bridgehead atoms. The van der Waals surface area contributed by atoms with Crippen molar-refractivity contribution in [3.63, 3.8) is 0 Å². The van der Waals surface area contributed by atoms with Crippen molar-refractivity contribution in [3.05, 3.63) is 90.2 Å². The van der Waals surface area contributed by atoms with Gasteiger partial charge in [0.25, 0.3) is 11.2 Å². The second kappa shape index (κ2) is 6.85. The standard InChI is InChI=1S/C20H15BrN4O4/c1-22-16-11-24(14-7-4-6-13(21)10-14)18(17(16)19(26)23(2)20(22)27)12-5-3-8-15(9-12)25(28)29/h3-11H,1-2H3. The van der Waals surface area contributed by atoms with Gasteiger partial charge in [0.2, 0.25) is 0 Å². The number of hydrogen-bond acceptors (Lipinski definition) is 4. The third kappa shape index (κ3) is 2.99. The van der Waals surface area contributed by atoms with Gasteiger partial charge in [-0.15, -0.1) is 0 Å². The van der Waals surface area contributed by atoms with Crippen LogP contribution in [-0.2, 0) is 14.1 Å². The van der Waals surface area contributed by atoms with Crippen molar-refractivity contribution in [3.8, 4) is 16.9 Å². The summed E-state index contributed by atoms with van der Waals surface area (Å²) < 4.78 is 5.04. The molecule has 9 heteroatoms. The van der Waals surface area contributed by atoms with Crippen molar-refractivity contribution < 1.29 is 4.92 Å². The molecule has 2 heterocycles. The topological polar surface area (TPSA) is 92.1 Å². The van der Waals surface area contributed by atoms with Crippen LogP contribution in [0.25, 0.3) is 27.8 Å². The number of halogens is 1. The highest BCUT2D eigenvalue weighted by Crippen LogP contribution is 2.33. The zero-order valence-electron chi connectivity index (χ0n) is 15.5. The van der Waals surface area contributed by atoms with E-state index in [1.54, 1.807) is 29.9 Å². The fraction of sp³-hybridized carbons (Fsp3) is 0.100. The Balaban J connectivity index is 2.20. The van der Waals surface area contributed by atoms with Crippen molar-refractivity contribution in [1.82, 2.24) is 13.7 Å². The van der Waals surface area contributed by atoms with Gasteiger partial charge >= 0.3 is 5.69 Å². The first-order valence-electron chi connectivity index (χ1n) is 8.61. The minimum Gasteiger partial charge on any atom is -0.314 e. The maximum absolute atomic E-state index is 13.0. The predicted molar refractivity (Wildman–Crippen MR) is 114 cm³/mol. The molecule has 4 rings (SSSR count). The number of hydrogen-bond donors (Lipinski definition) is 0. The number of rotatable bonds is 3.